The molecule has 0 spiro atoms. The molecule has 1 rings (SSSR count). The number of halogens is 1. The van der Waals surface area contributed by atoms with Crippen molar-refractivity contribution in [3.8, 4) is 0 Å². The van der Waals surface area contributed by atoms with E-state index in [1.807, 2.05) is 7.05 Å². The van der Waals surface area contributed by atoms with Crippen LogP contribution in [-0.2, 0) is 0 Å². The van der Waals surface area contributed by atoms with E-state index < -0.39 is 0 Å². The number of aliphatic imine (C=N–C) groups is 1. The van der Waals surface area contributed by atoms with Gasteiger partial charge in [0.15, 0.2) is 5.96 Å². The van der Waals surface area contributed by atoms with Crippen molar-refractivity contribution >= 4 is 29.9 Å². The van der Waals surface area contributed by atoms with Gasteiger partial charge < -0.3 is 20.4 Å². The van der Waals surface area contributed by atoms with Gasteiger partial charge in [0.05, 0.1) is 0 Å². The molecule has 150 valence electrons. The number of rotatable bonds is 10. The predicted octanol–water partition coefficient (Wildman–Crippen LogP) is 3.01. The van der Waals surface area contributed by atoms with Crippen molar-refractivity contribution in [1.29, 1.82) is 0 Å². The standard InChI is InChI=1S/C19H41N5.HI/c1-18(2)10-7-5-6-8-11-21-19(20-3)22-12-15-24-14-9-13-23(4)16-17-24;/h18H,5-17H2,1-4H3,(H2,20,21,22);1H. The molecule has 1 saturated heterocycles. The van der Waals surface area contributed by atoms with Gasteiger partial charge >= 0.3 is 0 Å². The molecule has 6 heteroatoms. The number of guanidine groups is 1. The highest BCUT2D eigenvalue weighted by atomic mass is 127. The minimum absolute atomic E-state index is 0. The Bertz CT molecular complexity index is 336. The summed E-state index contributed by atoms with van der Waals surface area (Å²) < 4.78 is 0. The lowest BCUT2D eigenvalue weighted by molar-refractivity contribution is 0.280. The number of unbranched alkanes of at least 4 members (excludes halogenated alkanes) is 3. The summed E-state index contributed by atoms with van der Waals surface area (Å²) in [5.74, 6) is 1.79. The van der Waals surface area contributed by atoms with E-state index in [9.17, 15) is 0 Å². The largest absolute Gasteiger partial charge is 0.356 e. The van der Waals surface area contributed by atoms with E-state index in [4.69, 9.17) is 0 Å². The van der Waals surface area contributed by atoms with E-state index in [1.54, 1.807) is 0 Å². The van der Waals surface area contributed by atoms with Crippen molar-refractivity contribution in [1.82, 2.24) is 20.4 Å². The maximum atomic E-state index is 4.33. The van der Waals surface area contributed by atoms with Crippen molar-refractivity contribution in [3.63, 3.8) is 0 Å². The Morgan fingerprint density at radius 3 is 2.40 bits per heavy atom. The quantitative estimate of drug-likeness (QED) is 0.224. The molecule has 5 nitrogen and oxygen atoms in total. The Labute approximate surface area is 173 Å². The molecular formula is C19H42IN5. The van der Waals surface area contributed by atoms with E-state index in [-0.39, 0.29) is 24.0 Å². The van der Waals surface area contributed by atoms with Crippen LogP contribution in [0.1, 0.15) is 52.4 Å². The predicted molar refractivity (Wildman–Crippen MR) is 121 cm³/mol. The first kappa shape index (κ1) is 24.9. The first-order chi connectivity index (χ1) is 11.6. The summed E-state index contributed by atoms with van der Waals surface area (Å²) in [6.45, 7) is 12.5. The monoisotopic (exact) mass is 467 g/mol. The molecule has 1 fully saturated rings. The van der Waals surface area contributed by atoms with Gasteiger partial charge in [-0.05, 0) is 38.9 Å². The van der Waals surface area contributed by atoms with Crippen molar-refractivity contribution in [2.24, 2.45) is 10.9 Å². The zero-order chi connectivity index (χ0) is 17.6. The lowest BCUT2D eigenvalue weighted by atomic mass is 10.0. The molecule has 2 N–H and O–H groups in total. The van der Waals surface area contributed by atoms with E-state index in [2.05, 4.69) is 46.3 Å². The first-order valence-electron chi connectivity index (χ1n) is 9.97. The highest BCUT2D eigenvalue weighted by Crippen LogP contribution is 2.08. The van der Waals surface area contributed by atoms with Crippen molar-refractivity contribution in [2.75, 3.05) is 59.9 Å². The summed E-state index contributed by atoms with van der Waals surface area (Å²) in [7, 11) is 4.08. The molecule has 0 aliphatic carbocycles. The first-order valence-corrected chi connectivity index (χ1v) is 9.97. The molecule has 0 unspecified atom stereocenters. The summed E-state index contributed by atoms with van der Waals surface area (Å²) in [4.78, 5) is 9.31. The lowest BCUT2D eigenvalue weighted by Crippen LogP contribution is -2.42. The summed E-state index contributed by atoms with van der Waals surface area (Å²) in [5.41, 5.74) is 0. The number of likely N-dealkylation sites (N-methyl/N-ethyl adjacent to an activating group) is 1. The van der Waals surface area contributed by atoms with Crippen LogP contribution in [0.4, 0.5) is 0 Å². The van der Waals surface area contributed by atoms with Gasteiger partial charge in [-0.15, -0.1) is 24.0 Å². The van der Waals surface area contributed by atoms with Crippen LogP contribution in [0.5, 0.6) is 0 Å². The fourth-order valence-corrected chi connectivity index (χ4v) is 3.11. The van der Waals surface area contributed by atoms with Crippen molar-refractivity contribution < 1.29 is 0 Å². The van der Waals surface area contributed by atoms with Gasteiger partial charge in [0, 0.05) is 39.8 Å². The van der Waals surface area contributed by atoms with Crippen LogP contribution in [-0.4, -0.2) is 75.7 Å². The third kappa shape index (κ3) is 13.7. The maximum Gasteiger partial charge on any atom is 0.191 e. The highest BCUT2D eigenvalue weighted by molar-refractivity contribution is 14.0. The Morgan fingerprint density at radius 2 is 1.68 bits per heavy atom. The Balaban J connectivity index is 0.00000576. The van der Waals surface area contributed by atoms with Gasteiger partial charge in [0.2, 0.25) is 0 Å². The van der Waals surface area contributed by atoms with Gasteiger partial charge in [-0.3, -0.25) is 4.99 Å². The molecule has 0 aromatic heterocycles. The second-order valence-electron chi connectivity index (χ2n) is 7.52. The van der Waals surface area contributed by atoms with Crippen molar-refractivity contribution in [3.05, 3.63) is 0 Å². The normalized spacial score (nSPS) is 17.2. The summed E-state index contributed by atoms with van der Waals surface area (Å²) in [5, 5.41) is 6.89. The lowest BCUT2D eigenvalue weighted by Gasteiger charge is -2.21. The van der Waals surface area contributed by atoms with E-state index in [0.29, 0.717) is 0 Å². The van der Waals surface area contributed by atoms with Crippen LogP contribution >= 0.6 is 24.0 Å². The van der Waals surface area contributed by atoms with Crippen LogP contribution in [0.15, 0.2) is 4.99 Å². The molecule has 0 bridgehead atoms. The van der Waals surface area contributed by atoms with Crippen LogP contribution in [0.25, 0.3) is 0 Å². The molecule has 0 radical (unpaired) electrons. The SMILES string of the molecule is CN=C(NCCCCCCC(C)C)NCCN1CCCN(C)CC1.I. The number of nitrogens with one attached hydrogen (secondary N) is 2. The van der Waals surface area contributed by atoms with E-state index >= 15 is 0 Å². The van der Waals surface area contributed by atoms with Crippen LogP contribution in [0, 0.1) is 5.92 Å². The van der Waals surface area contributed by atoms with Crippen LogP contribution in [0.3, 0.4) is 0 Å². The van der Waals surface area contributed by atoms with E-state index in [1.165, 1.54) is 64.7 Å². The summed E-state index contributed by atoms with van der Waals surface area (Å²) in [6, 6.07) is 0. The molecule has 0 atom stereocenters. The molecule has 25 heavy (non-hydrogen) atoms. The average molecular weight is 467 g/mol. The molecular weight excluding hydrogens is 425 g/mol. The van der Waals surface area contributed by atoms with Crippen LogP contribution < -0.4 is 10.6 Å². The molecule has 0 aromatic rings. The van der Waals surface area contributed by atoms with Crippen molar-refractivity contribution in [2.45, 2.75) is 52.4 Å². The Kier molecular flexibility index (Phi) is 16.1. The molecule has 0 saturated carbocycles. The average Bonchev–Trinajstić information content (AvgIpc) is 2.76. The molecule has 0 aromatic carbocycles. The fraction of sp³-hybridized carbons (Fsp3) is 0.947. The summed E-state index contributed by atoms with van der Waals surface area (Å²) >= 11 is 0. The van der Waals surface area contributed by atoms with Gasteiger partial charge in [-0.25, -0.2) is 0 Å². The molecule has 1 aliphatic rings. The molecule has 1 heterocycles. The summed E-state index contributed by atoms with van der Waals surface area (Å²) in [6.07, 6.45) is 7.92. The fourth-order valence-electron chi connectivity index (χ4n) is 3.11. The number of nitrogens with zero attached hydrogens (tertiary/aromatic N) is 3. The van der Waals surface area contributed by atoms with Gasteiger partial charge in [0.1, 0.15) is 0 Å². The molecule has 1 aliphatic heterocycles. The van der Waals surface area contributed by atoms with Crippen LogP contribution in [0.2, 0.25) is 0 Å². The second kappa shape index (κ2) is 16.1. The van der Waals surface area contributed by atoms with Gasteiger partial charge in [-0.1, -0.05) is 39.5 Å². The second-order valence-corrected chi connectivity index (χ2v) is 7.52. The maximum absolute atomic E-state index is 4.33. The Hall–Kier alpha value is -0.0800. The number of hydrogen-bond donors (Lipinski definition) is 2. The minimum Gasteiger partial charge on any atom is -0.356 e. The third-order valence-corrected chi connectivity index (χ3v) is 4.76. The highest BCUT2D eigenvalue weighted by Gasteiger charge is 2.11. The number of hydrogen-bond acceptors (Lipinski definition) is 3. The zero-order valence-electron chi connectivity index (χ0n) is 17.0. The smallest absolute Gasteiger partial charge is 0.191 e. The van der Waals surface area contributed by atoms with E-state index in [0.717, 1.165) is 31.5 Å². The van der Waals surface area contributed by atoms with Gasteiger partial charge in [-0.2, -0.15) is 0 Å². The molecule has 0 amide bonds. The third-order valence-electron chi connectivity index (χ3n) is 4.76. The minimum atomic E-state index is 0. The van der Waals surface area contributed by atoms with Gasteiger partial charge in [0.25, 0.3) is 0 Å². The zero-order valence-corrected chi connectivity index (χ0v) is 19.3. The Morgan fingerprint density at radius 1 is 0.960 bits per heavy atom. The topological polar surface area (TPSA) is 42.9 Å².